The topological polar surface area (TPSA) is 15.3 Å². The van der Waals surface area contributed by atoms with Gasteiger partial charge in [0.15, 0.2) is 0 Å². The van der Waals surface area contributed by atoms with Gasteiger partial charge in [0.2, 0.25) is 0 Å². The van der Waals surface area contributed by atoms with Crippen molar-refractivity contribution in [2.75, 3.05) is 26.2 Å². The molecule has 0 amide bonds. The molecule has 1 saturated heterocycles. The maximum atomic E-state index is 12.7. The summed E-state index contributed by atoms with van der Waals surface area (Å²) in [6.45, 7) is 2.68. The molecule has 2 nitrogen and oxygen atoms in total. The van der Waals surface area contributed by atoms with Crippen LogP contribution in [0.1, 0.15) is 17.3 Å². The predicted octanol–water partition coefficient (Wildman–Crippen LogP) is 3.30. The van der Waals surface area contributed by atoms with Crippen LogP contribution in [0.2, 0.25) is 5.02 Å². The van der Waals surface area contributed by atoms with E-state index in [0.717, 1.165) is 13.1 Å². The fourth-order valence-electron chi connectivity index (χ4n) is 2.14. The summed E-state index contributed by atoms with van der Waals surface area (Å²) in [5, 5.41) is 5.32. The molecule has 102 valence electrons. The number of rotatable bonds is 3. The normalized spacial score (nSPS) is 20.0. The second-order valence-electron chi connectivity index (χ2n) is 4.25. The highest BCUT2D eigenvalue weighted by atomic mass is 35.5. The Bertz CT molecular complexity index is 388. The summed E-state index contributed by atoms with van der Waals surface area (Å²) < 4.78 is 38.1. The number of piperazine rings is 1. The molecular formula is C11H14ClF3N2S. The number of alkyl halides is 3. The fraction of sp³-hybridized carbons (Fsp3) is 0.636. The van der Waals surface area contributed by atoms with Crippen LogP contribution in [0.5, 0.6) is 0 Å². The molecule has 0 radical (unpaired) electrons. The zero-order chi connectivity index (χ0) is 13.2. The van der Waals surface area contributed by atoms with Crippen molar-refractivity contribution in [1.82, 2.24) is 10.2 Å². The van der Waals surface area contributed by atoms with Crippen molar-refractivity contribution in [3.63, 3.8) is 0 Å². The van der Waals surface area contributed by atoms with Crippen molar-refractivity contribution in [3.8, 4) is 0 Å². The Labute approximate surface area is 113 Å². The van der Waals surface area contributed by atoms with E-state index in [1.165, 1.54) is 11.3 Å². The van der Waals surface area contributed by atoms with Crippen LogP contribution < -0.4 is 5.32 Å². The van der Waals surface area contributed by atoms with Gasteiger partial charge < -0.3 is 5.32 Å². The maximum Gasteiger partial charge on any atom is 0.390 e. The Hall–Kier alpha value is -0.300. The second-order valence-corrected chi connectivity index (χ2v) is 5.61. The Balaban J connectivity index is 2.19. The molecule has 0 aromatic carbocycles. The van der Waals surface area contributed by atoms with E-state index in [1.807, 2.05) is 4.90 Å². The van der Waals surface area contributed by atoms with Gasteiger partial charge in [0.1, 0.15) is 0 Å². The van der Waals surface area contributed by atoms with Gasteiger partial charge in [-0.3, -0.25) is 4.90 Å². The van der Waals surface area contributed by atoms with E-state index in [2.05, 4.69) is 5.32 Å². The average Bonchev–Trinajstić information content (AvgIpc) is 2.72. The van der Waals surface area contributed by atoms with Crippen molar-refractivity contribution in [2.45, 2.75) is 18.6 Å². The molecule has 0 saturated carbocycles. The minimum atomic E-state index is -4.18. The van der Waals surface area contributed by atoms with Gasteiger partial charge in [-0.25, -0.2) is 0 Å². The van der Waals surface area contributed by atoms with Crippen LogP contribution in [0.3, 0.4) is 0 Å². The molecule has 1 fully saturated rings. The molecule has 1 aliphatic rings. The zero-order valence-electron chi connectivity index (χ0n) is 9.63. The molecule has 0 unspecified atom stereocenters. The summed E-state index contributed by atoms with van der Waals surface area (Å²) in [5.74, 6) is 0. The molecule has 1 aliphatic heterocycles. The lowest BCUT2D eigenvalue weighted by Gasteiger charge is -2.35. The molecule has 0 bridgehead atoms. The number of nitrogens with one attached hydrogen (secondary N) is 1. The Morgan fingerprint density at radius 2 is 2.06 bits per heavy atom. The van der Waals surface area contributed by atoms with Crippen LogP contribution >= 0.6 is 22.9 Å². The van der Waals surface area contributed by atoms with Gasteiger partial charge in [0.05, 0.1) is 17.5 Å². The van der Waals surface area contributed by atoms with Crippen LogP contribution in [0.25, 0.3) is 0 Å². The monoisotopic (exact) mass is 298 g/mol. The molecule has 18 heavy (non-hydrogen) atoms. The van der Waals surface area contributed by atoms with Crippen molar-refractivity contribution in [3.05, 3.63) is 21.3 Å². The van der Waals surface area contributed by atoms with Gasteiger partial charge in [-0.2, -0.15) is 13.2 Å². The van der Waals surface area contributed by atoms with Gasteiger partial charge in [-0.15, -0.1) is 11.3 Å². The summed E-state index contributed by atoms with van der Waals surface area (Å²) >= 11 is 7.28. The standard InChI is InChI=1S/C11H14ClF3N2S/c12-8-1-6-18-10(8)9(7-11(13,14)15)17-4-2-16-3-5-17/h1,6,9,16H,2-5,7H2/t9-/m0/s1. The van der Waals surface area contributed by atoms with Crippen molar-refractivity contribution < 1.29 is 13.2 Å². The zero-order valence-corrected chi connectivity index (χ0v) is 11.2. The fourth-order valence-corrected chi connectivity index (χ4v) is 3.46. The molecule has 2 rings (SSSR count). The van der Waals surface area contributed by atoms with Crippen LogP contribution in [0.4, 0.5) is 13.2 Å². The summed E-state index contributed by atoms with van der Waals surface area (Å²) in [6, 6.07) is 1.01. The number of thiophene rings is 1. The number of nitrogens with zero attached hydrogens (tertiary/aromatic N) is 1. The first-order valence-electron chi connectivity index (χ1n) is 5.72. The minimum absolute atomic E-state index is 0.438. The van der Waals surface area contributed by atoms with E-state index >= 15 is 0 Å². The first-order valence-corrected chi connectivity index (χ1v) is 6.97. The summed E-state index contributed by atoms with van der Waals surface area (Å²) in [5.41, 5.74) is 0. The molecule has 7 heteroatoms. The molecule has 0 spiro atoms. The Morgan fingerprint density at radius 3 is 2.56 bits per heavy atom. The lowest BCUT2D eigenvalue weighted by atomic mass is 10.1. The molecule has 1 aromatic heterocycles. The number of hydrogen-bond acceptors (Lipinski definition) is 3. The molecular weight excluding hydrogens is 285 g/mol. The quantitative estimate of drug-likeness (QED) is 0.921. The molecule has 1 atom stereocenters. The van der Waals surface area contributed by atoms with Crippen LogP contribution in [-0.2, 0) is 0 Å². The van der Waals surface area contributed by atoms with E-state index < -0.39 is 18.6 Å². The third-order valence-corrected chi connectivity index (χ3v) is 4.42. The van der Waals surface area contributed by atoms with E-state index in [0.29, 0.717) is 23.0 Å². The molecule has 1 N–H and O–H groups in total. The van der Waals surface area contributed by atoms with Crippen molar-refractivity contribution >= 4 is 22.9 Å². The molecule has 1 aromatic rings. The Kier molecular flexibility index (Phi) is 4.53. The van der Waals surface area contributed by atoms with Crippen LogP contribution in [0, 0.1) is 0 Å². The maximum absolute atomic E-state index is 12.7. The first kappa shape index (κ1) is 14.1. The summed E-state index contributed by atoms with van der Waals surface area (Å²) in [7, 11) is 0. The molecule has 2 heterocycles. The van der Waals surface area contributed by atoms with E-state index in [-0.39, 0.29) is 0 Å². The third kappa shape index (κ3) is 3.60. The first-order chi connectivity index (χ1) is 8.47. The lowest BCUT2D eigenvalue weighted by Crippen LogP contribution is -2.45. The number of hydrogen-bond donors (Lipinski definition) is 1. The Morgan fingerprint density at radius 1 is 1.39 bits per heavy atom. The predicted molar refractivity (Wildman–Crippen MR) is 67.2 cm³/mol. The SMILES string of the molecule is FC(F)(F)C[C@@H](c1sccc1Cl)N1CCNCC1. The number of halogens is 4. The largest absolute Gasteiger partial charge is 0.390 e. The third-order valence-electron chi connectivity index (χ3n) is 2.96. The van der Waals surface area contributed by atoms with Crippen LogP contribution in [0.15, 0.2) is 11.4 Å². The minimum Gasteiger partial charge on any atom is -0.314 e. The summed E-state index contributed by atoms with van der Waals surface area (Å²) in [6.07, 6.45) is -5.02. The van der Waals surface area contributed by atoms with Gasteiger partial charge in [-0.05, 0) is 11.4 Å². The van der Waals surface area contributed by atoms with Gasteiger partial charge in [0.25, 0.3) is 0 Å². The van der Waals surface area contributed by atoms with Gasteiger partial charge in [-0.1, -0.05) is 11.6 Å². The van der Waals surface area contributed by atoms with Crippen LogP contribution in [-0.4, -0.2) is 37.3 Å². The van der Waals surface area contributed by atoms with E-state index in [4.69, 9.17) is 11.6 Å². The van der Waals surface area contributed by atoms with Crippen molar-refractivity contribution in [2.24, 2.45) is 0 Å². The smallest absolute Gasteiger partial charge is 0.314 e. The van der Waals surface area contributed by atoms with Gasteiger partial charge >= 0.3 is 6.18 Å². The lowest BCUT2D eigenvalue weighted by molar-refractivity contribution is -0.148. The highest BCUT2D eigenvalue weighted by molar-refractivity contribution is 7.10. The average molecular weight is 299 g/mol. The molecule has 0 aliphatic carbocycles. The van der Waals surface area contributed by atoms with Crippen molar-refractivity contribution in [1.29, 1.82) is 0 Å². The highest BCUT2D eigenvalue weighted by Crippen LogP contribution is 2.39. The second kappa shape index (κ2) is 5.77. The highest BCUT2D eigenvalue weighted by Gasteiger charge is 2.37. The van der Waals surface area contributed by atoms with E-state index in [9.17, 15) is 13.2 Å². The summed E-state index contributed by atoms with van der Waals surface area (Å²) in [4.78, 5) is 2.48. The van der Waals surface area contributed by atoms with E-state index in [1.54, 1.807) is 11.4 Å². The van der Waals surface area contributed by atoms with Gasteiger partial charge in [0, 0.05) is 31.1 Å².